The Hall–Kier alpha value is -3.07. The number of carbonyl (C=O) groups is 3. The van der Waals surface area contributed by atoms with Crippen molar-refractivity contribution in [2.75, 3.05) is 12.4 Å². The van der Waals surface area contributed by atoms with Crippen LogP contribution >= 0.6 is 11.3 Å². The number of amides is 3. The molecule has 1 aliphatic carbocycles. The van der Waals surface area contributed by atoms with Gasteiger partial charge in [0.25, 0.3) is 5.91 Å². The summed E-state index contributed by atoms with van der Waals surface area (Å²) in [5.74, 6) is -0.0677. The Morgan fingerprint density at radius 2 is 1.81 bits per heavy atom. The molecular weight excluding hydrogens is 430 g/mol. The third-order valence-corrected chi connectivity index (χ3v) is 6.20. The van der Waals surface area contributed by atoms with Gasteiger partial charge in [0.05, 0.1) is 18.6 Å². The van der Waals surface area contributed by atoms with E-state index in [0.29, 0.717) is 29.8 Å². The number of anilines is 1. The predicted molar refractivity (Wildman–Crippen MR) is 124 cm³/mol. The smallest absolute Gasteiger partial charge is 0.317 e. The number of esters is 1. The molecule has 172 valence electrons. The van der Waals surface area contributed by atoms with Crippen molar-refractivity contribution in [3.8, 4) is 16.2 Å². The second-order valence-electron chi connectivity index (χ2n) is 8.79. The Morgan fingerprint density at radius 3 is 2.41 bits per heavy atom. The van der Waals surface area contributed by atoms with Crippen LogP contribution in [0.5, 0.6) is 5.75 Å². The molecule has 0 saturated heterocycles. The van der Waals surface area contributed by atoms with Gasteiger partial charge < -0.3 is 20.5 Å². The van der Waals surface area contributed by atoms with Crippen LogP contribution in [0.3, 0.4) is 0 Å². The lowest BCUT2D eigenvalue weighted by Crippen LogP contribution is -2.34. The van der Waals surface area contributed by atoms with Crippen molar-refractivity contribution in [3.05, 3.63) is 35.9 Å². The quantitative estimate of drug-likeness (QED) is 0.561. The number of nitrogens with one attached hydrogen (secondary N) is 2. The zero-order valence-electron chi connectivity index (χ0n) is 18.7. The van der Waals surface area contributed by atoms with Crippen molar-refractivity contribution in [2.24, 2.45) is 11.7 Å². The number of benzene rings is 1. The fourth-order valence-electron chi connectivity index (χ4n) is 3.64. The molecule has 1 heterocycles. The average Bonchev–Trinajstić information content (AvgIpc) is 3.33. The van der Waals surface area contributed by atoms with Gasteiger partial charge in [0.1, 0.15) is 16.4 Å². The second kappa shape index (κ2) is 9.60. The van der Waals surface area contributed by atoms with E-state index in [9.17, 15) is 14.4 Å². The summed E-state index contributed by atoms with van der Waals surface area (Å²) in [7, 11) is 1.59. The van der Waals surface area contributed by atoms with E-state index < -0.39 is 11.6 Å². The van der Waals surface area contributed by atoms with Crippen LogP contribution in [0.1, 0.15) is 50.4 Å². The van der Waals surface area contributed by atoms with Crippen molar-refractivity contribution in [1.82, 2.24) is 5.32 Å². The first-order chi connectivity index (χ1) is 15.1. The SMILES string of the molecule is COc1ccc(-c2cc(C(=O)N[C@H]3CCC(C(=O)OC(C)(C)C)C3)c(NC(N)=O)s2)cc1. The first-order valence-electron chi connectivity index (χ1n) is 10.4. The highest BCUT2D eigenvalue weighted by Gasteiger charge is 2.34. The largest absolute Gasteiger partial charge is 0.497 e. The number of methoxy groups -OCH3 is 1. The molecule has 1 saturated carbocycles. The highest BCUT2D eigenvalue weighted by molar-refractivity contribution is 7.20. The van der Waals surface area contributed by atoms with Gasteiger partial charge in [-0.15, -0.1) is 11.3 Å². The Bertz CT molecular complexity index is 994. The highest BCUT2D eigenvalue weighted by atomic mass is 32.1. The second-order valence-corrected chi connectivity index (χ2v) is 9.84. The molecule has 1 aromatic heterocycles. The van der Waals surface area contributed by atoms with Gasteiger partial charge in [0.2, 0.25) is 0 Å². The number of carbonyl (C=O) groups excluding carboxylic acids is 3. The number of hydrogen-bond acceptors (Lipinski definition) is 6. The van der Waals surface area contributed by atoms with Crippen LogP contribution < -0.4 is 21.1 Å². The number of urea groups is 1. The molecule has 1 aromatic carbocycles. The first kappa shape index (κ1) is 23.6. The van der Waals surface area contributed by atoms with Gasteiger partial charge in [-0.3, -0.25) is 14.9 Å². The van der Waals surface area contributed by atoms with Gasteiger partial charge in [-0.2, -0.15) is 0 Å². The number of hydrogen-bond donors (Lipinski definition) is 3. The molecule has 0 aliphatic heterocycles. The van der Waals surface area contributed by atoms with E-state index in [1.807, 2.05) is 45.0 Å². The fraction of sp³-hybridized carbons (Fsp3) is 0.435. The summed E-state index contributed by atoms with van der Waals surface area (Å²) in [6, 6.07) is 8.24. The van der Waals surface area contributed by atoms with E-state index in [1.54, 1.807) is 13.2 Å². The van der Waals surface area contributed by atoms with E-state index in [2.05, 4.69) is 10.6 Å². The van der Waals surface area contributed by atoms with Crippen LogP contribution in [0.2, 0.25) is 0 Å². The highest BCUT2D eigenvalue weighted by Crippen LogP contribution is 2.37. The van der Waals surface area contributed by atoms with Crippen molar-refractivity contribution in [1.29, 1.82) is 0 Å². The fourth-order valence-corrected chi connectivity index (χ4v) is 4.70. The maximum atomic E-state index is 13.0. The Kier molecular flexibility index (Phi) is 7.08. The van der Waals surface area contributed by atoms with Gasteiger partial charge in [-0.25, -0.2) is 4.79 Å². The number of ether oxygens (including phenoxy) is 2. The molecule has 3 amide bonds. The van der Waals surface area contributed by atoms with Gasteiger partial charge in [-0.05, 0) is 75.9 Å². The molecule has 1 unspecified atom stereocenters. The minimum absolute atomic E-state index is 0.147. The van der Waals surface area contributed by atoms with E-state index in [4.69, 9.17) is 15.2 Å². The van der Waals surface area contributed by atoms with Crippen LogP contribution in [0.25, 0.3) is 10.4 Å². The third-order valence-electron chi connectivity index (χ3n) is 5.10. The molecule has 1 fully saturated rings. The topological polar surface area (TPSA) is 120 Å². The van der Waals surface area contributed by atoms with E-state index >= 15 is 0 Å². The molecule has 1 aliphatic rings. The molecule has 2 atom stereocenters. The molecule has 0 bridgehead atoms. The monoisotopic (exact) mass is 459 g/mol. The summed E-state index contributed by atoms with van der Waals surface area (Å²) < 4.78 is 10.7. The molecule has 3 rings (SSSR count). The van der Waals surface area contributed by atoms with Gasteiger partial charge in [0.15, 0.2) is 0 Å². The Morgan fingerprint density at radius 1 is 1.12 bits per heavy atom. The summed E-state index contributed by atoms with van der Waals surface area (Å²) in [6.45, 7) is 5.51. The summed E-state index contributed by atoms with van der Waals surface area (Å²) >= 11 is 1.26. The van der Waals surface area contributed by atoms with Crippen molar-refractivity contribution < 1.29 is 23.9 Å². The first-order valence-corrected chi connectivity index (χ1v) is 11.3. The van der Waals surface area contributed by atoms with Crippen molar-refractivity contribution in [2.45, 2.75) is 51.7 Å². The maximum Gasteiger partial charge on any atom is 0.317 e. The summed E-state index contributed by atoms with van der Waals surface area (Å²) in [5, 5.41) is 5.91. The van der Waals surface area contributed by atoms with Crippen LogP contribution in [0.4, 0.5) is 9.80 Å². The predicted octanol–water partition coefficient (Wildman–Crippen LogP) is 4.15. The lowest BCUT2D eigenvalue weighted by Gasteiger charge is -2.22. The maximum absolute atomic E-state index is 13.0. The van der Waals surface area contributed by atoms with Gasteiger partial charge in [-0.1, -0.05) is 0 Å². The minimum atomic E-state index is -0.743. The lowest BCUT2D eigenvalue weighted by atomic mass is 10.1. The van der Waals surface area contributed by atoms with Crippen LogP contribution in [0.15, 0.2) is 30.3 Å². The number of rotatable bonds is 6. The third kappa shape index (κ3) is 6.00. The molecule has 0 spiro atoms. The van der Waals surface area contributed by atoms with Crippen molar-refractivity contribution >= 4 is 34.2 Å². The summed E-state index contributed by atoms with van der Waals surface area (Å²) in [4.78, 5) is 37.6. The molecule has 32 heavy (non-hydrogen) atoms. The lowest BCUT2D eigenvalue weighted by molar-refractivity contribution is -0.159. The molecule has 2 aromatic rings. The Labute approximate surface area is 191 Å². The zero-order valence-corrected chi connectivity index (χ0v) is 19.5. The molecule has 8 nitrogen and oxygen atoms in total. The number of primary amides is 1. The summed E-state index contributed by atoms with van der Waals surface area (Å²) in [5.41, 5.74) is 5.98. The zero-order chi connectivity index (χ0) is 23.5. The van der Waals surface area contributed by atoms with Gasteiger partial charge >= 0.3 is 12.0 Å². The Balaban J connectivity index is 1.73. The van der Waals surface area contributed by atoms with Crippen LogP contribution in [-0.2, 0) is 9.53 Å². The summed E-state index contributed by atoms with van der Waals surface area (Å²) in [6.07, 6.45) is 1.87. The molecular formula is C23H29N3O5S. The standard InChI is InChI=1S/C23H29N3O5S/c1-23(2,3)31-21(28)14-5-8-15(11-14)25-19(27)17-12-18(32-20(17)26-22(24)29)13-6-9-16(30-4)10-7-13/h6-7,9-10,12,14-15H,5,8,11H2,1-4H3,(H,25,27)(H3,24,26,29)/t14?,15-/m0/s1. The number of nitrogens with two attached hydrogens (primary N) is 1. The normalized spacial score (nSPS) is 18.1. The van der Waals surface area contributed by atoms with E-state index in [1.165, 1.54) is 11.3 Å². The van der Waals surface area contributed by atoms with Gasteiger partial charge in [0, 0.05) is 10.9 Å². The minimum Gasteiger partial charge on any atom is -0.497 e. The average molecular weight is 460 g/mol. The molecule has 9 heteroatoms. The number of thiophene rings is 1. The van der Waals surface area contributed by atoms with E-state index in [0.717, 1.165) is 16.2 Å². The van der Waals surface area contributed by atoms with Crippen LogP contribution in [-0.4, -0.2) is 36.7 Å². The van der Waals surface area contributed by atoms with Crippen LogP contribution in [0, 0.1) is 5.92 Å². The van der Waals surface area contributed by atoms with Crippen molar-refractivity contribution in [3.63, 3.8) is 0 Å². The van der Waals surface area contributed by atoms with E-state index in [-0.39, 0.29) is 23.8 Å². The molecule has 0 radical (unpaired) electrons. The molecule has 4 N–H and O–H groups in total.